The molecule has 34 heavy (non-hydrogen) atoms. The number of unbranched alkanes of at least 4 members (excludes halogenated alkanes) is 1. The summed E-state index contributed by atoms with van der Waals surface area (Å²) in [5, 5.41) is 58.7. The second-order valence-corrected chi connectivity index (χ2v) is 6.89. The van der Waals surface area contributed by atoms with Crippen molar-refractivity contribution in [3.05, 3.63) is 76.9 Å². The highest BCUT2D eigenvalue weighted by Gasteiger charge is 2.24. The molecule has 0 bridgehead atoms. The molecule has 0 aliphatic carbocycles. The van der Waals surface area contributed by atoms with Gasteiger partial charge in [-0.1, -0.05) is 0 Å². The third kappa shape index (κ3) is 6.55. The molecule has 0 aromatic heterocycles. The fraction of sp³-hybridized carbons (Fsp3) is 0.278. The molecule has 0 aliphatic rings. The van der Waals surface area contributed by atoms with Crippen molar-refractivity contribution < 1.29 is 29.6 Å². The number of carboxylic acid groups (broad SMARTS) is 1. The van der Waals surface area contributed by atoms with E-state index in [0.29, 0.717) is 12.8 Å². The van der Waals surface area contributed by atoms with Gasteiger partial charge in [0, 0.05) is 18.7 Å². The van der Waals surface area contributed by atoms with Gasteiger partial charge in [-0.2, -0.15) is 0 Å². The summed E-state index contributed by atoms with van der Waals surface area (Å²) in [6.07, 6.45) is 0.661. The number of aliphatic carboxylic acids is 1. The molecular formula is C18H18N6O10. The van der Waals surface area contributed by atoms with Crippen LogP contribution in [0, 0.1) is 40.5 Å². The monoisotopic (exact) mass is 478 g/mol. The largest absolute Gasteiger partial charge is 0.480 e. The van der Waals surface area contributed by atoms with Gasteiger partial charge in [-0.25, -0.2) is 4.79 Å². The van der Waals surface area contributed by atoms with Gasteiger partial charge in [0.1, 0.15) is 17.4 Å². The molecule has 0 heterocycles. The molecule has 0 aliphatic heterocycles. The average Bonchev–Trinajstić information content (AvgIpc) is 2.77. The van der Waals surface area contributed by atoms with Crippen LogP contribution in [0.5, 0.6) is 0 Å². The van der Waals surface area contributed by atoms with Crippen molar-refractivity contribution in [3.63, 3.8) is 0 Å². The molecule has 0 amide bonds. The first-order chi connectivity index (χ1) is 16.0. The zero-order valence-electron chi connectivity index (χ0n) is 17.3. The van der Waals surface area contributed by atoms with Crippen LogP contribution in [-0.2, 0) is 4.79 Å². The zero-order chi connectivity index (χ0) is 25.4. The van der Waals surface area contributed by atoms with Gasteiger partial charge >= 0.3 is 5.97 Å². The lowest BCUT2D eigenvalue weighted by Gasteiger charge is -2.16. The van der Waals surface area contributed by atoms with E-state index in [1.54, 1.807) is 0 Å². The maximum Gasteiger partial charge on any atom is 0.326 e. The summed E-state index contributed by atoms with van der Waals surface area (Å²) in [4.78, 5) is 52.3. The number of carboxylic acids is 1. The molecule has 2 aromatic carbocycles. The second-order valence-electron chi connectivity index (χ2n) is 6.89. The van der Waals surface area contributed by atoms with Crippen LogP contribution in [0.2, 0.25) is 0 Å². The Morgan fingerprint density at radius 1 is 0.794 bits per heavy atom. The minimum Gasteiger partial charge on any atom is -0.480 e. The Morgan fingerprint density at radius 2 is 1.29 bits per heavy atom. The van der Waals surface area contributed by atoms with E-state index in [4.69, 9.17) is 0 Å². The average molecular weight is 478 g/mol. The van der Waals surface area contributed by atoms with Crippen molar-refractivity contribution in [2.24, 2.45) is 0 Å². The van der Waals surface area contributed by atoms with Crippen molar-refractivity contribution in [1.29, 1.82) is 0 Å². The van der Waals surface area contributed by atoms with E-state index in [2.05, 4.69) is 10.6 Å². The molecule has 2 aromatic rings. The van der Waals surface area contributed by atoms with E-state index in [9.17, 15) is 50.4 Å². The van der Waals surface area contributed by atoms with Crippen LogP contribution in [0.3, 0.4) is 0 Å². The maximum absolute atomic E-state index is 11.6. The van der Waals surface area contributed by atoms with E-state index < -0.39 is 54.5 Å². The van der Waals surface area contributed by atoms with Crippen LogP contribution in [0.15, 0.2) is 36.4 Å². The molecule has 16 nitrogen and oxygen atoms in total. The van der Waals surface area contributed by atoms with Crippen molar-refractivity contribution in [1.82, 2.24) is 0 Å². The van der Waals surface area contributed by atoms with Crippen molar-refractivity contribution in [2.75, 3.05) is 17.2 Å². The molecule has 1 atom stereocenters. The van der Waals surface area contributed by atoms with Crippen LogP contribution in [0.4, 0.5) is 34.1 Å². The van der Waals surface area contributed by atoms with Crippen LogP contribution in [0.25, 0.3) is 0 Å². The van der Waals surface area contributed by atoms with Gasteiger partial charge in [0.25, 0.3) is 22.7 Å². The van der Waals surface area contributed by atoms with Crippen LogP contribution in [-0.4, -0.2) is 43.4 Å². The van der Waals surface area contributed by atoms with Crippen molar-refractivity contribution in [3.8, 4) is 0 Å². The molecule has 0 saturated heterocycles. The number of carbonyl (C=O) groups is 1. The highest BCUT2D eigenvalue weighted by molar-refractivity contribution is 5.79. The quantitative estimate of drug-likeness (QED) is 0.213. The smallest absolute Gasteiger partial charge is 0.326 e. The van der Waals surface area contributed by atoms with Gasteiger partial charge in [-0.05, 0) is 31.4 Å². The number of hydrogen-bond donors (Lipinski definition) is 3. The highest BCUT2D eigenvalue weighted by atomic mass is 16.6. The number of nitro groups is 4. The minimum atomic E-state index is -1.30. The number of hydrogen-bond acceptors (Lipinski definition) is 11. The molecule has 180 valence electrons. The molecule has 3 N–H and O–H groups in total. The summed E-state index contributed by atoms with van der Waals surface area (Å²) >= 11 is 0. The van der Waals surface area contributed by atoms with Crippen LogP contribution < -0.4 is 10.6 Å². The number of nitro benzene ring substituents is 4. The van der Waals surface area contributed by atoms with Gasteiger partial charge in [0.15, 0.2) is 0 Å². The Bertz CT molecular complexity index is 1140. The Kier molecular flexibility index (Phi) is 8.30. The van der Waals surface area contributed by atoms with Gasteiger partial charge < -0.3 is 15.7 Å². The normalized spacial score (nSPS) is 11.3. The summed E-state index contributed by atoms with van der Waals surface area (Å²) in [6.45, 7) is 0.183. The fourth-order valence-corrected chi connectivity index (χ4v) is 2.98. The third-order valence-electron chi connectivity index (χ3n) is 4.64. The number of rotatable bonds is 13. The van der Waals surface area contributed by atoms with Gasteiger partial charge in [-0.15, -0.1) is 0 Å². The predicted octanol–water partition coefficient (Wildman–Crippen LogP) is 3.47. The SMILES string of the molecule is O=C(O)[C@@H](CCCCNc1ccc([N+](=O)[O-])cc1[N+](=O)[O-])Nc1ccc([N+](=O)[O-])cc1[N+](=O)[O-]. The van der Waals surface area contributed by atoms with Gasteiger partial charge in [0.2, 0.25) is 0 Å². The van der Waals surface area contributed by atoms with E-state index >= 15 is 0 Å². The Hall–Kier alpha value is -4.89. The third-order valence-corrected chi connectivity index (χ3v) is 4.64. The maximum atomic E-state index is 11.6. The molecule has 0 unspecified atom stereocenters. The second kappa shape index (κ2) is 11.1. The molecular weight excluding hydrogens is 460 g/mol. The summed E-state index contributed by atoms with van der Waals surface area (Å²) in [5.41, 5.74) is -2.21. The molecule has 0 spiro atoms. The number of nitrogens with zero attached hydrogens (tertiary/aromatic N) is 4. The summed E-state index contributed by atoms with van der Waals surface area (Å²) in [5.74, 6) is -1.30. The lowest BCUT2D eigenvalue weighted by Crippen LogP contribution is -2.29. The van der Waals surface area contributed by atoms with E-state index in [-0.39, 0.29) is 24.3 Å². The zero-order valence-corrected chi connectivity index (χ0v) is 17.3. The van der Waals surface area contributed by atoms with Gasteiger partial charge in [0.05, 0.1) is 31.8 Å². The highest BCUT2D eigenvalue weighted by Crippen LogP contribution is 2.31. The first-order valence-corrected chi connectivity index (χ1v) is 9.60. The first kappa shape index (κ1) is 25.4. The lowest BCUT2D eigenvalue weighted by molar-refractivity contribution is -0.393. The number of benzene rings is 2. The van der Waals surface area contributed by atoms with Gasteiger partial charge in [-0.3, -0.25) is 40.5 Å². The lowest BCUT2D eigenvalue weighted by atomic mass is 10.1. The predicted molar refractivity (Wildman–Crippen MR) is 117 cm³/mol. The molecule has 0 radical (unpaired) electrons. The summed E-state index contributed by atoms with van der Waals surface area (Å²) < 4.78 is 0. The Morgan fingerprint density at radius 3 is 1.76 bits per heavy atom. The van der Waals surface area contributed by atoms with E-state index in [1.165, 1.54) is 6.07 Å². The van der Waals surface area contributed by atoms with Crippen molar-refractivity contribution in [2.45, 2.75) is 25.3 Å². The van der Waals surface area contributed by atoms with Crippen molar-refractivity contribution >= 4 is 40.1 Å². The first-order valence-electron chi connectivity index (χ1n) is 9.60. The molecule has 0 saturated carbocycles. The summed E-state index contributed by atoms with van der Waals surface area (Å²) in [6, 6.07) is 4.68. The molecule has 0 fully saturated rings. The van der Waals surface area contributed by atoms with Crippen LogP contribution in [0.1, 0.15) is 19.3 Å². The number of anilines is 2. The number of nitrogens with one attached hydrogen (secondary N) is 2. The Labute approximate surface area is 189 Å². The standard InChI is InChI=1S/C18H18N6O10/c25-18(26)15(20-14-7-5-12(22(29)30)10-17(14)24(33)34)3-1-2-8-19-13-6-4-11(21(27)28)9-16(13)23(31)32/h4-7,9-10,15,19-20H,1-3,8H2,(H,25,26)/t15-/m1/s1. The van der Waals surface area contributed by atoms with Crippen LogP contribution >= 0.6 is 0 Å². The Balaban J connectivity index is 1.99. The number of non-ortho nitro benzene ring substituents is 2. The topological polar surface area (TPSA) is 234 Å². The van der Waals surface area contributed by atoms with E-state index in [1.807, 2.05) is 0 Å². The molecule has 16 heteroatoms. The minimum absolute atomic E-state index is 0.0213. The van der Waals surface area contributed by atoms with E-state index in [0.717, 1.165) is 30.3 Å². The summed E-state index contributed by atoms with van der Waals surface area (Å²) in [7, 11) is 0. The molecule has 2 rings (SSSR count). The fourth-order valence-electron chi connectivity index (χ4n) is 2.98.